The van der Waals surface area contributed by atoms with Crippen LogP contribution in [0.25, 0.3) is 6.08 Å². The molecule has 0 radical (unpaired) electrons. The van der Waals surface area contributed by atoms with Crippen LogP contribution in [0, 0.1) is 0 Å². The minimum atomic E-state index is -0.396. The fourth-order valence-corrected chi connectivity index (χ4v) is 3.41. The van der Waals surface area contributed by atoms with Crippen LogP contribution in [0.3, 0.4) is 0 Å². The fraction of sp³-hybridized carbons (Fsp3) is 0.462. The normalized spacial score (nSPS) is 24.3. The van der Waals surface area contributed by atoms with Crippen molar-refractivity contribution in [3.8, 4) is 0 Å². The molecule has 0 unspecified atom stereocenters. The van der Waals surface area contributed by atoms with Crippen molar-refractivity contribution < 1.29 is 9.90 Å². The maximum absolute atomic E-state index is 11.7. The molecule has 0 aromatic carbocycles. The lowest BCUT2D eigenvalue weighted by molar-refractivity contribution is -0.118. The Morgan fingerprint density at radius 2 is 2.22 bits per heavy atom. The summed E-state index contributed by atoms with van der Waals surface area (Å²) in [5.74, 6) is -0.134. The number of carbonyl (C=O) groups is 1. The summed E-state index contributed by atoms with van der Waals surface area (Å²) in [5.41, 5.74) is 0. The zero-order valence-electron chi connectivity index (χ0n) is 9.93. The quantitative estimate of drug-likeness (QED) is 0.837. The highest BCUT2D eigenvalue weighted by atomic mass is 79.9. The van der Waals surface area contributed by atoms with E-state index in [1.54, 1.807) is 17.4 Å². The first-order valence-electron chi connectivity index (χ1n) is 6.07. The predicted molar refractivity (Wildman–Crippen MR) is 77.5 cm³/mol. The molecule has 1 saturated carbocycles. The van der Waals surface area contributed by atoms with E-state index in [9.17, 15) is 9.90 Å². The Morgan fingerprint density at radius 3 is 2.89 bits per heavy atom. The van der Waals surface area contributed by atoms with Gasteiger partial charge in [0.2, 0.25) is 5.91 Å². The van der Waals surface area contributed by atoms with Gasteiger partial charge in [0.25, 0.3) is 0 Å². The largest absolute Gasteiger partial charge is 0.391 e. The fourth-order valence-electron chi connectivity index (χ4n) is 2.09. The van der Waals surface area contributed by atoms with Crippen molar-refractivity contribution in [2.24, 2.45) is 0 Å². The SMILES string of the molecule is O=C(/C=C/c1ccc(Br)s1)N[C@@H]1CCCC[C@H]1O. The van der Waals surface area contributed by atoms with Crippen LogP contribution < -0.4 is 5.32 Å². The summed E-state index contributed by atoms with van der Waals surface area (Å²) in [6.07, 6.45) is 6.69. The Morgan fingerprint density at radius 1 is 1.44 bits per heavy atom. The monoisotopic (exact) mass is 329 g/mol. The minimum Gasteiger partial charge on any atom is -0.391 e. The van der Waals surface area contributed by atoms with Gasteiger partial charge in [0, 0.05) is 11.0 Å². The molecule has 1 aromatic rings. The van der Waals surface area contributed by atoms with E-state index in [0.717, 1.165) is 34.3 Å². The Kier molecular flexibility index (Phi) is 4.97. The third-order valence-corrected chi connectivity index (χ3v) is 4.64. The molecule has 1 aliphatic rings. The van der Waals surface area contributed by atoms with Crippen LogP contribution in [0.5, 0.6) is 0 Å². The highest BCUT2D eigenvalue weighted by molar-refractivity contribution is 9.11. The lowest BCUT2D eigenvalue weighted by Crippen LogP contribution is -2.44. The van der Waals surface area contributed by atoms with E-state index < -0.39 is 6.10 Å². The number of amides is 1. The number of nitrogens with one attached hydrogen (secondary N) is 1. The first kappa shape index (κ1) is 13.8. The molecule has 3 nitrogen and oxygen atoms in total. The number of aliphatic hydroxyl groups is 1. The van der Waals surface area contributed by atoms with E-state index in [-0.39, 0.29) is 11.9 Å². The zero-order chi connectivity index (χ0) is 13.0. The van der Waals surface area contributed by atoms with Crippen LogP contribution in [0.4, 0.5) is 0 Å². The third kappa shape index (κ3) is 3.93. The van der Waals surface area contributed by atoms with E-state index in [0.29, 0.717) is 0 Å². The zero-order valence-corrected chi connectivity index (χ0v) is 12.3. The van der Waals surface area contributed by atoms with Crippen molar-refractivity contribution >= 4 is 39.2 Å². The van der Waals surface area contributed by atoms with E-state index in [2.05, 4.69) is 21.2 Å². The topological polar surface area (TPSA) is 49.3 Å². The summed E-state index contributed by atoms with van der Waals surface area (Å²) < 4.78 is 1.05. The van der Waals surface area contributed by atoms with E-state index in [4.69, 9.17) is 0 Å². The van der Waals surface area contributed by atoms with Crippen molar-refractivity contribution in [2.45, 2.75) is 37.8 Å². The molecule has 1 heterocycles. The van der Waals surface area contributed by atoms with Crippen molar-refractivity contribution in [1.29, 1.82) is 0 Å². The van der Waals surface area contributed by atoms with E-state index in [1.807, 2.05) is 12.1 Å². The Balaban J connectivity index is 1.86. The van der Waals surface area contributed by atoms with Gasteiger partial charge in [-0.3, -0.25) is 4.79 Å². The average molecular weight is 330 g/mol. The number of aliphatic hydroxyl groups excluding tert-OH is 1. The van der Waals surface area contributed by atoms with Crippen molar-refractivity contribution in [3.63, 3.8) is 0 Å². The highest BCUT2D eigenvalue weighted by Gasteiger charge is 2.23. The van der Waals surface area contributed by atoms with Gasteiger partial charge >= 0.3 is 0 Å². The molecular formula is C13H16BrNO2S. The summed E-state index contributed by atoms with van der Waals surface area (Å²) in [7, 11) is 0. The number of carbonyl (C=O) groups excluding carboxylic acids is 1. The number of hydrogen-bond donors (Lipinski definition) is 2. The highest BCUT2D eigenvalue weighted by Crippen LogP contribution is 2.23. The maximum Gasteiger partial charge on any atom is 0.244 e. The van der Waals surface area contributed by atoms with Crippen LogP contribution >= 0.6 is 27.3 Å². The van der Waals surface area contributed by atoms with Gasteiger partial charge in [0.1, 0.15) is 0 Å². The molecule has 2 atom stereocenters. The average Bonchev–Trinajstić information content (AvgIpc) is 2.76. The van der Waals surface area contributed by atoms with E-state index >= 15 is 0 Å². The third-order valence-electron chi connectivity index (χ3n) is 3.05. The molecule has 2 N–H and O–H groups in total. The molecule has 18 heavy (non-hydrogen) atoms. The standard InChI is InChI=1S/C13H16BrNO2S/c14-12-7-5-9(18-12)6-8-13(17)15-10-3-1-2-4-11(10)16/h5-8,10-11,16H,1-4H2,(H,15,17)/b8-6+/t10-,11-/m1/s1. The molecule has 0 spiro atoms. The summed E-state index contributed by atoms with van der Waals surface area (Å²) in [6.45, 7) is 0. The van der Waals surface area contributed by atoms with Gasteiger partial charge in [0.05, 0.1) is 15.9 Å². The van der Waals surface area contributed by atoms with E-state index in [1.165, 1.54) is 6.08 Å². The van der Waals surface area contributed by atoms with Gasteiger partial charge in [-0.1, -0.05) is 12.8 Å². The predicted octanol–water partition coefficient (Wildman–Crippen LogP) is 2.94. The van der Waals surface area contributed by atoms with Crippen molar-refractivity contribution in [1.82, 2.24) is 5.32 Å². The lowest BCUT2D eigenvalue weighted by atomic mass is 9.92. The molecule has 0 saturated heterocycles. The molecule has 1 aromatic heterocycles. The van der Waals surface area contributed by atoms with Crippen molar-refractivity contribution in [2.75, 3.05) is 0 Å². The second-order valence-corrected chi connectivity index (χ2v) is 6.94. The number of rotatable bonds is 3. The molecular weight excluding hydrogens is 314 g/mol. The molecule has 1 aliphatic carbocycles. The van der Waals surface area contributed by atoms with Gasteiger partial charge in [-0.2, -0.15) is 0 Å². The summed E-state index contributed by atoms with van der Waals surface area (Å²) in [5, 5.41) is 12.6. The smallest absolute Gasteiger partial charge is 0.244 e. The van der Waals surface area contributed by atoms with Crippen LogP contribution in [0.1, 0.15) is 30.6 Å². The molecule has 1 fully saturated rings. The Bertz CT molecular complexity index is 444. The molecule has 98 valence electrons. The molecule has 2 rings (SSSR count). The summed E-state index contributed by atoms with van der Waals surface area (Å²) in [6, 6.07) is 3.81. The van der Waals surface area contributed by atoms with Gasteiger partial charge in [-0.15, -0.1) is 11.3 Å². The van der Waals surface area contributed by atoms with Gasteiger partial charge < -0.3 is 10.4 Å². The number of hydrogen-bond acceptors (Lipinski definition) is 3. The first-order valence-corrected chi connectivity index (χ1v) is 7.68. The van der Waals surface area contributed by atoms with Crippen LogP contribution in [0.2, 0.25) is 0 Å². The summed E-state index contributed by atoms with van der Waals surface area (Å²) >= 11 is 4.95. The second-order valence-electron chi connectivity index (χ2n) is 4.44. The minimum absolute atomic E-state index is 0.0917. The van der Waals surface area contributed by atoms with Gasteiger partial charge in [0.15, 0.2) is 0 Å². The number of thiophene rings is 1. The first-order chi connectivity index (χ1) is 8.65. The number of halogens is 1. The summed E-state index contributed by atoms with van der Waals surface area (Å²) in [4.78, 5) is 12.7. The van der Waals surface area contributed by atoms with Crippen LogP contribution in [-0.4, -0.2) is 23.2 Å². The van der Waals surface area contributed by atoms with Gasteiger partial charge in [-0.25, -0.2) is 0 Å². The molecule has 5 heteroatoms. The Labute approximate surface area is 119 Å². The second kappa shape index (κ2) is 6.50. The lowest BCUT2D eigenvalue weighted by Gasteiger charge is -2.27. The molecule has 0 aliphatic heterocycles. The molecule has 0 bridgehead atoms. The van der Waals surface area contributed by atoms with Crippen molar-refractivity contribution in [3.05, 3.63) is 26.9 Å². The van der Waals surface area contributed by atoms with Crippen LogP contribution in [0.15, 0.2) is 22.0 Å². The Hall–Kier alpha value is -0.650. The maximum atomic E-state index is 11.7. The van der Waals surface area contributed by atoms with Gasteiger partial charge in [-0.05, 0) is 47.0 Å². The van der Waals surface area contributed by atoms with Crippen LogP contribution in [-0.2, 0) is 4.79 Å². The molecule has 1 amide bonds.